The van der Waals surface area contributed by atoms with E-state index >= 15 is 0 Å². The molecule has 3 rings (SSSR count). The van der Waals surface area contributed by atoms with Gasteiger partial charge in [-0.25, -0.2) is 0 Å². The van der Waals surface area contributed by atoms with Gasteiger partial charge in [0.1, 0.15) is 0 Å². The van der Waals surface area contributed by atoms with Crippen LogP contribution in [0.5, 0.6) is 11.5 Å². The molecule has 2 aromatic rings. The molecular formula is C24H26N4O8. The largest absolute Gasteiger partial charge is 0.493 e. The van der Waals surface area contributed by atoms with Crippen LogP contribution in [-0.2, 0) is 23.9 Å². The lowest BCUT2D eigenvalue weighted by Crippen LogP contribution is -2.43. The minimum Gasteiger partial charge on any atom is -0.493 e. The molecule has 1 aliphatic rings. The standard InChI is InChI=1S/C24H26N4O8/c1-14(29)25-17-5-7-18(8-6-17)26-21(30)13-36-24(33)16-11-22(31)28(12-16)27-23(32)15-4-9-19(34-2)20(10-15)35-3/h4-10,16H,11-13H2,1-3H3,(H,25,29)(H,26,30)(H,27,32)/t16-/m1/s1. The molecule has 1 atom stereocenters. The van der Waals surface area contributed by atoms with Gasteiger partial charge in [0.2, 0.25) is 11.8 Å². The normalized spacial score (nSPS) is 14.6. The third-order valence-corrected chi connectivity index (χ3v) is 5.18. The lowest BCUT2D eigenvalue weighted by molar-refractivity contribution is -0.151. The quantitative estimate of drug-likeness (QED) is 0.438. The summed E-state index contributed by atoms with van der Waals surface area (Å²) >= 11 is 0. The maximum Gasteiger partial charge on any atom is 0.311 e. The number of hydrogen-bond donors (Lipinski definition) is 3. The Morgan fingerprint density at radius 2 is 1.58 bits per heavy atom. The van der Waals surface area contributed by atoms with E-state index in [4.69, 9.17) is 14.2 Å². The molecule has 0 aromatic heterocycles. The number of benzene rings is 2. The first-order valence-corrected chi connectivity index (χ1v) is 10.9. The van der Waals surface area contributed by atoms with Crippen molar-refractivity contribution in [3.05, 3.63) is 48.0 Å². The Bertz CT molecular complexity index is 1170. The number of hydrazine groups is 1. The zero-order valence-electron chi connectivity index (χ0n) is 20.0. The fourth-order valence-electron chi connectivity index (χ4n) is 3.43. The molecule has 1 fully saturated rings. The first kappa shape index (κ1) is 26.0. The van der Waals surface area contributed by atoms with Gasteiger partial charge in [-0.2, -0.15) is 0 Å². The number of ether oxygens (including phenoxy) is 3. The summed E-state index contributed by atoms with van der Waals surface area (Å²) in [5, 5.41) is 6.21. The Morgan fingerprint density at radius 1 is 0.944 bits per heavy atom. The predicted molar refractivity (Wildman–Crippen MR) is 127 cm³/mol. The first-order chi connectivity index (χ1) is 17.2. The van der Waals surface area contributed by atoms with Crippen LogP contribution in [0.1, 0.15) is 23.7 Å². The van der Waals surface area contributed by atoms with Gasteiger partial charge in [-0.15, -0.1) is 0 Å². The molecule has 0 radical (unpaired) electrons. The second-order valence-corrected chi connectivity index (χ2v) is 7.83. The molecule has 0 bridgehead atoms. The van der Waals surface area contributed by atoms with Crippen LogP contribution in [-0.4, -0.2) is 62.0 Å². The maximum absolute atomic E-state index is 12.6. The summed E-state index contributed by atoms with van der Waals surface area (Å²) in [4.78, 5) is 60.4. The molecule has 2 aromatic carbocycles. The summed E-state index contributed by atoms with van der Waals surface area (Å²) in [5.74, 6) is -2.60. The van der Waals surface area contributed by atoms with Gasteiger partial charge in [-0.1, -0.05) is 0 Å². The van der Waals surface area contributed by atoms with Gasteiger partial charge in [0.05, 0.1) is 26.7 Å². The number of nitrogens with zero attached hydrogens (tertiary/aromatic N) is 1. The molecule has 1 aliphatic heterocycles. The van der Waals surface area contributed by atoms with E-state index in [0.717, 1.165) is 5.01 Å². The van der Waals surface area contributed by atoms with Crippen LogP contribution < -0.4 is 25.5 Å². The molecule has 0 aliphatic carbocycles. The van der Waals surface area contributed by atoms with Gasteiger partial charge in [-0.05, 0) is 42.5 Å². The van der Waals surface area contributed by atoms with Gasteiger partial charge in [0, 0.05) is 30.3 Å². The third kappa shape index (κ3) is 6.72. The SMILES string of the molecule is COc1ccc(C(=O)NN2C[C@H](C(=O)OCC(=O)Nc3ccc(NC(C)=O)cc3)CC2=O)cc1OC. The van der Waals surface area contributed by atoms with Crippen molar-refractivity contribution >= 4 is 41.0 Å². The van der Waals surface area contributed by atoms with Crippen molar-refractivity contribution in [2.75, 3.05) is 38.0 Å². The van der Waals surface area contributed by atoms with Crippen LogP contribution in [0.3, 0.4) is 0 Å². The van der Waals surface area contributed by atoms with Gasteiger partial charge in [0.25, 0.3) is 11.8 Å². The van der Waals surface area contributed by atoms with Crippen LogP contribution in [0.25, 0.3) is 0 Å². The Labute approximate surface area is 206 Å². The zero-order chi connectivity index (χ0) is 26.2. The summed E-state index contributed by atoms with van der Waals surface area (Å²) in [6, 6.07) is 10.9. The van der Waals surface area contributed by atoms with E-state index in [9.17, 15) is 24.0 Å². The maximum atomic E-state index is 12.6. The van der Waals surface area contributed by atoms with Crippen LogP contribution in [0.4, 0.5) is 11.4 Å². The number of carbonyl (C=O) groups is 5. The number of nitrogens with one attached hydrogen (secondary N) is 3. The Morgan fingerprint density at radius 3 is 2.19 bits per heavy atom. The highest BCUT2D eigenvalue weighted by Gasteiger charge is 2.36. The summed E-state index contributed by atoms with van der Waals surface area (Å²) in [5.41, 5.74) is 3.72. The van der Waals surface area contributed by atoms with Gasteiger partial charge in [-0.3, -0.25) is 34.4 Å². The molecule has 4 amide bonds. The van der Waals surface area contributed by atoms with E-state index in [1.807, 2.05) is 0 Å². The Kier molecular flexibility index (Phi) is 8.44. The van der Waals surface area contributed by atoms with E-state index in [-0.39, 0.29) is 24.4 Å². The fraction of sp³-hybridized carbons (Fsp3) is 0.292. The Balaban J connectivity index is 1.48. The lowest BCUT2D eigenvalue weighted by Gasteiger charge is -2.18. The van der Waals surface area contributed by atoms with Gasteiger partial charge < -0.3 is 24.8 Å². The molecular weight excluding hydrogens is 472 g/mol. The molecule has 0 unspecified atom stereocenters. The second kappa shape index (κ2) is 11.7. The monoisotopic (exact) mass is 498 g/mol. The summed E-state index contributed by atoms with van der Waals surface area (Å²) in [7, 11) is 2.90. The van der Waals surface area contributed by atoms with Crippen molar-refractivity contribution < 1.29 is 38.2 Å². The average molecular weight is 498 g/mol. The molecule has 1 heterocycles. The summed E-state index contributed by atoms with van der Waals surface area (Å²) in [6.07, 6.45) is -0.169. The van der Waals surface area contributed by atoms with E-state index in [0.29, 0.717) is 22.9 Å². The average Bonchev–Trinajstić information content (AvgIpc) is 3.22. The summed E-state index contributed by atoms with van der Waals surface area (Å²) in [6.45, 7) is 0.741. The van der Waals surface area contributed by atoms with E-state index in [1.54, 1.807) is 30.3 Å². The van der Waals surface area contributed by atoms with E-state index in [1.165, 1.54) is 33.3 Å². The van der Waals surface area contributed by atoms with Crippen molar-refractivity contribution in [1.29, 1.82) is 0 Å². The predicted octanol–water partition coefficient (Wildman–Crippen LogP) is 1.34. The van der Waals surface area contributed by atoms with Crippen molar-refractivity contribution in [2.24, 2.45) is 5.92 Å². The molecule has 190 valence electrons. The molecule has 0 saturated carbocycles. The molecule has 12 nitrogen and oxygen atoms in total. The van der Waals surface area contributed by atoms with Crippen LogP contribution >= 0.6 is 0 Å². The smallest absolute Gasteiger partial charge is 0.311 e. The second-order valence-electron chi connectivity index (χ2n) is 7.83. The number of rotatable bonds is 9. The van der Waals surface area contributed by atoms with Gasteiger partial charge >= 0.3 is 5.97 Å². The number of methoxy groups -OCH3 is 2. The van der Waals surface area contributed by atoms with Crippen molar-refractivity contribution in [2.45, 2.75) is 13.3 Å². The zero-order valence-corrected chi connectivity index (χ0v) is 20.0. The highest BCUT2D eigenvalue weighted by Crippen LogP contribution is 2.27. The number of carbonyl (C=O) groups excluding carboxylic acids is 5. The van der Waals surface area contributed by atoms with E-state index in [2.05, 4.69) is 16.1 Å². The molecule has 0 spiro atoms. The number of hydrogen-bond acceptors (Lipinski definition) is 8. The number of amides is 4. The minimum absolute atomic E-state index is 0.0943. The van der Waals surface area contributed by atoms with Gasteiger partial charge in [0.15, 0.2) is 18.1 Å². The molecule has 1 saturated heterocycles. The van der Waals surface area contributed by atoms with Crippen molar-refractivity contribution in [3.8, 4) is 11.5 Å². The first-order valence-electron chi connectivity index (χ1n) is 10.9. The Hall–Kier alpha value is -4.61. The summed E-state index contributed by atoms with van der Waals surface area (Å²) < 4.78 is 15.4. The van der Waals surface area contributed by atoms with E-state index < -0.39 is 36.2 Å². The molecule has 12 heteroatoms. The highest BCUT2D eigenvalue weighted by atomic mass is 16.5. The fourth-order valence-corrected chi connectivity index (χ4v) is 3.43. The van der Waals surface area contributed by atoms with Crippen molar-refractivity contribution in [1.82, 2.24) is 10.4 Å². The highest BCUT2D eigenvalue weighted by molar-refractivity contribution is 5.97. The number of esters is 1. The topological polar surface area (TPSA) is 152 Å². The minimum atomic E-state index is -0.840. The van der Waals surface area contributed by atoms with Crippen molar-refractivity contribution in [3.63, 3.8) is 0 Å². The lowest BCUT2D eigenvalue weighted by atomic mass is 10.1. The molecule has 3 N–H and O–H groups in total. The number of anilines is 2. The van der Waals surface area contributed by atoms with Crippen LogP contribution in [0, 0.1) is 5.92 Å². The van der Waals surface area contributed by atoms with Crippen LogP contribution in [0.2, 0.25) is 0 Å². The third-order valence-electron chi connectivity index (χ3n) is 5.18. The van der Waals surface area contributed by atoms with Crippen LogP contribution in [0.15, 0.2) is 42.5 Å². The molecule has 36 heavy (non-hydrogen) atoms.